The normalized spacial score (nSPS) is 23.7. The number of aliphatic carboxylic acids is 3. The van der Waals surface area contributed by atoms with Crippen LogP contribution < -0.4 is 4.74 Å². The van der Waals surface area contributed by atoms with Crippen LogP contribution in [0.4, 0.5) is 0 Å². The van der Waals surface area contributed by atoms with Gasteiger partial charge in [0.25, 0.3) is 0 Å². The van der Waals surface area contributed by atoms with Gasteiger partial charge in [-0.2, -0.15) is 0 Å². The van der Waals surface area contributed by atoms with Crippen molar-refractivity contribution < 1.29 is 39.2 Å². The van der Waals surface area contributed by atoms with Gasteiger partial charge in [-0.3, -0.25) is 14.4 Å². The highest BCUT2D eigenvalue weighted by atomic mass is 35.5. The highest BCUT2D eigenvalue weighted by Gasteiger charge is 2.46. The number of rotatable bonds is 11. The van der Waals surface area contributed by atoms with E-state index in [0.717, 1.165) is 16.9 Å². The van der Waals surface area contributed by atoms with Gasteiger partial charge in [-0.25, -0.2) is 0 Å². The molecule has 0 amide bonds. The number of carboxylic acid groups (broad SMARTS) is 3. The molecule has 2 aromatic rings. The molecule has 0 aromatic heterocycles. The lowest BCUT2D eigenvalue weighted by atomic mass is 9.68. The molecule has 0 unspecified atom stereocenters. The second kappa shape index (κ2) is 12.2. The molecular formula is C27H31ClO8. The highest BCUT2D eigenvalue weighted by molar-refractivity contribution is 6.31. The van der Waals surface area contributed by atoms with Crippen LogP contribution in [0.3, 0.4) is 0 Å². The van der Waals surface area contributed by atoms with Crippen LogP contribution in [-0.4, -0.2) is 45.9 Å². The van der Waals surface area contributed by atoms with Crippen LogP contribution in [0, 0.1) is 17.8 Å². The first kappa shape index (κ1) is 27.5. The van der Waals surface area contributed by atoms with Crippen LogP contribution in [0.2, 0.25) is 5.02 Å². The molecule has 0 aliphatic carbocycles. The number of carboxylic acids is 3. The van der Waals surface area contributed by atoms with E-state index in [1.54, 1.807) is 19.1 Å². The summed E-state index contributed by atoms with van der Waals surface area (Å²) in [6.45, 7) is 4.19. The molecule has 1 aliphatic heterocycles. The predicted octanol–water partition coefficient (Wildman–Crippen LogP) is 5.06. The molecule has 1 aliphatic rings. The molecule has 2 aromatic carbocycles. The minimum absolute atomic E-state index is 0.300. The minimum atomic E-state index is -1.11. The van der Waals surface area contributed by atoms with E-state index in [9.17, 15) is 29.7 Å². The Morgan fingerprint density at radius 1 is 0.889 bits per heavy atom. The Bertz CT molecular complexity index is 1080. The first-order valence-corrected chi connectivity index (χ1v) is 12.3. The summed E-state index contributed by atoms with van der Waals surface area (Å²) >= 11 is 6.49. The maximum Gasteiger partial charge on any atom is 0.303 e. The van der Waals surface area contributed by atoms with Crippen molar-refractivity contribution in [3.63, 3.8) is 0 Å². The van der Waals surface area contributed by atoms with Gasteiger partial charge in [0.15, 0.2) is 0 Å². The van der Waals surface area contributed by atoms with E-state index in [1.807, 2.05) is 37.3 Å². The molecule has 194 valence electrons. The highest BCUT2D eigenvalue weighted by Crippen LogP contribution is 2.48. The van der Waals surface area contributed by atoms with E-state index in [1.165, 1.54) is 0 Å². The standard InChI is InChI=1S/C27H31ClO8/c1-3-35-19-7-4-16(5-8-19)10-18-11-17(6-9-23(18)28)27-22(14-26(33)34)21(13-25(31)32)20(12-24(29)30)15(2)36-27/h4-9,11,15,20-22,27H,3,10,12-14H2,1-2H3,(H,29,30)(H,31,32)(H,33,34)/t15-,20+,21+,22+,27-/m1/s1. The van der Waals surface area contributed by atoms with Crippen molar-refractivity contribution >= 4 is 29.5 Å². The summed E-state index contributed by atoms with van der Waals surface area (Å²) in [6.07, 6.45) is -1.77. The maximum atomic E-state index is 11.8. The van der Waals surface area contributed by atoms with Crippen molar-refractivity contribution in [3.05, 3.63) is 64.2 Å². The number of hydrogen-bond donors (Lipinski definition) is 3. The van der Waals surface area contributed by atoms with Crippen LogP contribution in [0.5, 0.6) is 5.75 Å². The number of halogens is 1. The van der Waals surface area contributed by atoms with E-state index >= 15 is 0 Å². The zero-order valence-corrected chi connectivity index (χ0v) is 21.0. The topological polar surface area (TPSA) is 130 Å². The fraction of sp³-hybridized carbons (Fsp3) is 0.444. The van der Waals surface area contributed by atoms with Gasteiger partial charge in [-0.15, -0.1) is 0 Å². The molecule has 0 saturated carbocycles. The van der Waals surface area contributed by atoms with E-state index in [2.05, 4.69) is 0 Å². The first-order valence-electron chi connectivity index (χ1n) is 11.9. The second-order valence-corrected chi connectivity index (χ2v) is 9.56. The SMILES string of the molecule is CCOc1ccc(Cc2cc([C@H]3O[C@H](C)[C@H](CC(=O)O)[C@H](CC(=O)O)[C@@H]3CC(=O)O)ccc2Cl)cc1. The Balaban J connectivity index is 1.96. The fourth-order valence-electron chi connectivity index (χ4n) is 5.13. The summed E-state index contributed by atoms with van der Waals surface area (Å²) in [5.41, 5.74) is 2.50. The molecule has 9 heteroatoms. The van der Waals surface area contributed by atoms with E-state index in [0.29, 0.717) is 23.6 Å². The lowest BCUT2D eigenvalue weighted by molar-refractivity contribution is -0.172. The van der Waals surface area contributed by atoms with Gasteiger partial charge >= 0.3 is 17.9 Å². The summed E-state index contributed by atoms with van der Waals surface area (Å²) in [7, 11) is 0. The van der Waals surface area contributed by atoms with Crippen molar-refractivity contribution in [1.29, 1.82) is 0 Å². The molecular weight excluding hydrogens is 488 g/mol. The smallest absolute Gasteiger partial charge is 0.303 e. The number of carbonyl (C=O) groups is 3. The van der Waals surface area contributed by atoms with E-state index in [-0.39, 0.29) is 19.3 Å². The lowest BCUT2D eigenvalue weighted by Gasteiger charge is -2.45. The van der Waals surface area contributed by atoms with Gasteiger partial charge in [0.2, 0.25) is 0 Å². The third kappa shape index (κ3) is 6.98. The number of ether oxygens (including phenoxy) is 2. The van der Waals surface area contributed by atoms with Crippen molar-refractivity contribution in [3.8, 4) is 5.75 Å². The summed E-state index contributed by atoms with van der Waals surface area (Å²) in [6, 6.07) is 13.0. The molecule has 0 bridgehead atoms. The van der Waals surface area contributed by atoms with Crippen LogP contribution in [0.15, 0.2) is 42.5 Å². The van der Waals surface area contributed by atoms with Crippen molar-refractivity contribution in [1.82, 2.24) is 0 Å². The number of hydrogen-bond acceptors (Lipinski definition) is 5. The quantitative estimate of drug-likeness (QED) is 0.376. The Morgan fingerprint density at radius 2 is 1.47 bits per heavy atom. The Morgan fingerprint density at radius 3 is 2.06 bits per heavy atom. The van der Waals surface area contributed by atoms with Crippen molar-refractivity contribution in [2.45, 2.75) is 51.7 Å². The number of benzene rings is 2. The zero-order chi connectivity index (χ0) is 26.4. The summed E-state index contributed by atoms with van der Waals surface area (Å²) in [5, 5.41) is 29.1. The Kier molecular flexibility index (Phi) is 9.34. The van der Waals surface area contributed by atoms with Gasteiger partial charge in [-0.05, 0) is 67.0 Å². The molecule has 1 heterocycles. The van der Waals surface area contributed by atoms with Gasteiger partial charge in [0.1, 0.15) is 5.75 Å². The Labute approximate surface area is 214 Å². The van der Waals surface area contributed by atoms with Crippen molar-refractivity contribution in [2.24, 2.45) is 17.8 Å². The lowest BCUT2D eigenvalue weighted by Crippen LogP contribution is -2.45. The van der Waals surface area contributed by atoms with Gasteiger partial charge < -0.3 is 24.8 Å². The molecule has 36 heavy (non-hydrogen) atoms. The predicted molar refractivity (Wildman–Crippen MR) is 132 cm³/mol. The molecule has 0 spiro atoms. The third-order valence-corrected chi connectivity index (χ3v) is 7.08. The van der Waals surface area contributed by atoms with Gasteiger partial charge in [0.05, 0.1) is 31.7 Å². The summed E-state index contributed by atoms with van der Waals surface area (Å²) < 4.78 is 11.7. The van der Waals surface area contributed by atoms with E-state index in [4.69, 9.17) is 21.1 Å². The van der Waals surface area contributed by atoms with Crippen LogP contribution in [0.1, 0.15) is 55.9 Å². The molecule has 5 atom stereocenters. The van der Waals surface area contributed by atoms with Gasteiger partial charge in [-0.1, -0.05) is 35.9 Å². The zero-order valence-electron chi connectivity index (χ0n) is 20.2. The maximum absolute atomic E-state index is 11.8. The van der Waals surface area contributed by atoms with Gasteiger partial charge in [0, 0.05) is 17.4 Å². The monoisotopic (exact) mass is 518 g/mol. The first-order chi connectivity index (χ1) is 17.1. The summed E-state index contributed by atoms with van der Waals surface area (Å²) in [5.74, 6) is -4.56. The van der Waals surface area contributed by atoms with Crippen molar-refractivity contribution in [2.75, 3.05) is 6.61 Å². The molecule has 1 fully saturated rings. The average molecular weight is 519 g/mol. The molecule has 1 saturated heterocycles. The Hall–Kier alpha value is -3.10. The molecule has 0 radical (unpaired) electrons. The summed E-state index contributed by atoms with van der Waals surface area (Å²) in [4.78, 5) is 35.0. The van der Waals surface area contributed by atoms with Crippen LogP contribution in [-0.2, 0) is 25.5 Å². The van der Waals surface area contributed by atoms with E-state index < -0.39 is 47.9 Å². The fourth-order valence-corrected chi connectivity index (χ4v) is 5.31. The molecule has 3 N–H and O–H groups in total. The average Bonchev–Trinajstić information content (AvgIpc) is 2.80. The van der Waals surface area contributed by atoms with Crippen LogP contribution >= 0.6 is 11.6 Å². The third-order valence-electron chi connectivity index (χ3n) is 6.71. The van der Waals surface area contributed by atoms with Crippen LogP contribution in [0.25, 0.3) is 0 Å². The largest absolute Gasteiger partial charge is 0.494 e. The molecule has 3 rings (SSSR count). The molecule has 8 nitrogen and oxygen atoms in total. The minimum Gasteiger partial charge on any atom is -0.494 e. The second-order valence-electron chi connectivity index (χ2n) is 9.15.